The normalized spacial score (nSPS) is 22.3. The van der Waals surface area contributed by atoms with E-state index >= 15 is 0 Å². The van der Waals surface area contributed by atoms with E-state index < -0.39 is 0 Å². The summed E-state index contributed by atoms with van der Waals surface area (Å²) in [6.45, 7) is 0.648. The Morgan fingerprint density at radius 3 is 2.44 bits per heavy atom. The van der Waals surface area contributed by atoms with Crippen molar-refractivity contribution in [3.63, 3.8) is 0 Å². The summed E-state index contributed by atoms with van der Waals surface area (Å²) in [5, 5.41) is 19.3. The van der Waals surface area contributed by atoms with Gasteiger partial charge in [0.05, 0.1) is 0 Å². The summed E-state index contributed by atoms with van der Waals surface area (Å²) in [6, 6.07) is 4.31. The summed E-state index contributed by atoms with van der Waals surface area (Å²) in [5.41, 5.74) is -0.0188. The van der Waals surface area contributed by atoms with Crippen molar-refractivity contribution in [2.24, 2.45) is 5.92 Å². The van der Waals surface area contributed by atoms with Gasteiger partial charge in [-0.25, -0.2) is 0 Å². The highest BCUT2D eigenvalue weighted by atomic mass is 79.9. The van der Waals surface area contributed by atoms with E-state index in [0.717, 1.165) is 12.8 Å². The van der Waals surface area contributed by atoms with E-state index in [4.69, 9.17) is 0 Å². The molecule has 1 aliphatic carbocycles. The fraction of sp³-hybridized carbons (Fsp3) is 0.462. The highest BCUT2D eigenvalue weighted by Crippen LogP contribution is 2.34. The molecule has 0 unspecified atom stereocenters. The van der Waals surface area contributed by atoms with Crippen LogP contribution in [0.25, 0.3) is 0 Å². The summed E-state index contributed by atoms with van der Waals surface area (Å²) in [6.07, 6.45) is 2.12. The fourth-order valence-electron chi connectivity index (χ4n) is 2.21. The summed E-state index contributed by atoms with van der Waals surface area (Å²) < 4.78 is 0. The van der Waals surface area contributed by atoms with Crippen molar-refractivity contribution in [2.75, 3.05) is 13.6 Å². The fourth-order valence-corrected chi connectivity index (χ4v) is 3.27. The van der Waals surface area contributed by atoms with Crippen LogP contribution < -0.4 is 0 Å². The number of alkyl halides is 1. The molecule has 0 heterocycles. The zero-order valence-electron chi connectivity index (χ0n) is 10.1. The van der Waals surface area contributed by atoms with Gasteiger partial charge in [0.1, 0.15) is 17.1 Å². The Balaban J connectivity index is 2.06. The van der Waals surface area contributed by atoms with Crippen molar-refractivity contribution >= 4 is 21.8 Å². The van der Waals surface area contributed by atoms with Gasteiger partial charge in [0, 0.05) is 18.4 Å². The number of amides is 1. The Hall–Kier alpha value is -1.23. The third-order valence-electron chi connectivity index (χ3n) is 3.29. The van der Waals surface area contributed by atoms with Crippen molar-refractivity contribution in [1.82, 2.24) is 4.90 Å². The molecule has 0 bridgehead atoms. The largest absolute Gasteiger partial charge is 0.507 e. The molecule has 0 spiro atoms. The minimum Gasteiger partial charge on any atom is -0.507 e. The number of hydrogen-bond acceptors (Lipinski definition) is 3. The van der Waals surface area contributed by atoms with Crippen LogP contribution in [0.4, 0.5) is 0 Å². The van der Waals surface area contributed by atoms with Crippen LogP contribution in [-0.2, 0) is 0 Å². The topological polar surface area (TPSA) is 60.8 Å². The molecule has 4 nitrogen and oxygen atoms in total. The Labute approximate surface area is 114 Å². The lowest BCUT2D eigenvalue weighted by Gasteiger charge is -2.34. The molecule has 1 aromatic rings. The molecule has 1 saturated carbocycles. The maximum absolute atomic E-state index is 12.1. The average Bonchev–Trinajstić information content (AvgIpc) is 2.26. The molecule has 1 aromatic carbocycles. The van der Waals surface area contributed by atoms with Crippen molar-refractivity contribution in [1.29, 1.82) is 0 Å². The zero-order valence-corrected chi connectivity index (χ0v) is 11.7. The van der Waals surface area contributed by atoms with Crippen LogP contribution in [0.15, 0.2) is 18.2 Å². The number of halogens is 1. The smallest absolute Gasteiger partial charge is 0.261 e. The van der Waals surface area contributed by atoms with E-state index in [0.29, 0.717) is 17.3 Å². The molecule has 0 radical (unpaired) electrons. The van der Waals surface area contributed by atoms with Crippen molar-refractivity contribution < 1.29 is 15.0 Å². The predicted molar refractivity (Wildman–Crippen MR) is 72.2 cm³/mol. The van der Waals surface area contributed by atoms with Gasteiger partial charge in [-0.3, -0.25) is 4.79 Å². The van der Waals surface area contributed by atoms with E-state index in [1.165, 1.54) is 18.2 Å². The molecule has 0 atom stereocenters. The molecule has 98 valence electrons. The van der Waals surface area contributed by atoms with Crippen LogP contribution in [-0.4, -0.2) is 39.4 Å². The van der Waals surface area contributed by atoms with E-state index in [1.54, 1.807) is 11.9 Å². The van der Waals surface area contributed by atoms with E-state index in [-0.39, 0.29) is 23.0 Å². The summed E-state index contributed by atoms with van der Waals surface area (Å²) in [4.78, 5) is 14.3. The molecule has 1 amide bonds. The first-order chi connectivity index (χ1) is 8.49. The third kappa shape index (κ3) is 2.61. The van der Waals surface area contributed by atoms with Gasteiger partial charge in [0.15, 0.2) is 0 Å². The summed E-state index contributed by atoms with van der Waals surface area (Å²) in [7, 11) is 1.69. The van der Waals surface area contributed by atoms with Gasteiger partial charge in [-0.05, 0) is 30.9 Å². The Morgan fingerprint density at radius 2 is 1.94 bits per heavy atom. The zero-order chi connectivity index (χ0) is 13.3. The second-order valence-electron chi connectivity index (χ2n) is 4.79. The minimum atomic E-state index is -0.344. The molecule has 18 heavy (non-hydrogen) atoms. The van der Waals surface area contributed by atoms with Crippen LogP contribution in [0.2, 0.25) is 0 Å². The molecular weight excluding hydrogens is 298 g/mol. The highest BCUT2D eigenvalue weighted by Gasteiger charge is 2.30. The van der Waals surface area contributed by atoms with Crippen molar-refractivity contribution in [3.8, 4) is 11.5 Å². The molecule has 2 N–H and O–H groups in total. The molecule has 1 fully saturated rings. The van der Waals surface area contributed by atoms with Crippen molar-refractivity contribution in [3.05, 3.63) is 23.8 Å². The third-order valence-corrected chi connectivity index (χ3v) is 4.04. The lowest BCUT2D eigenvalue weighted by molar-refractivity contribution is 0.0742. The maximum atomic E-state index is 12.1. The van der Waals surface area contributed by atoms with Crippen LogP contribution in [0.3, 0.4) is 0 Å². The number of rotatable bonds is 3. The second-order valence-corrected chi connectivity index (χ2v) is 6.09. The second kappa shape index (κ2) is 5.18. The number of nitrogens with zero attached hydrogens (tertiary/aromatic N) is 1. The summed E-state index contributed by atoms with van der Waals surface area (Å²) in [5.74, 6) is -0.211. The first kappa shape index (κ1) is 13.2. The number of phenolic OH excluding ortho intramolecular Hbond substituents is 2. The number of phenols is 2. The van der Waals surface area contributed by atoms with E-state index in [9.17, 15) is 15.0 Å². The van der Waals surface area contributed by atoms with Gasteiger partial charge < -0.3 is 15.1 Å². The number of benzene rings is 1. The van der Waals surface area contributed by atoms with Crippen LogP contribution in [0, 0.1) is 5.92 Å². The Kier molecular flexibility index (Phi) is 3.80. The molecule has 0 aliphatic heterocycles. The molecular formula is C13H16BrNO3. The number of carbonyl (C=O) groups is 1. The standard InChI is InChI=1S/C13H16BrNO3/c1-15(7-8-5-9(14)6-8)13(18)12-10(16)3-2-4-11(12)17/h2-4,8-9,16-17H,5-7H2,1H3. The quantitative estimate of drug-likeness (QED) is 0.842. The van der Waals surface area contributed by atoms with Gasteiger partial charge in [-0.15, -0.1) is 0 Å². The number of aromatic hydroxyl groups is 2. The van der Waals surface area contributed by atoms with Gasteiger partial charge >= 0.3 is 0 Å². The van der Waals surface area contributed by atoms with Gasteiger partial charge in [0.2, 0.25) is 0 Å². The predicted octanol–water partition coefficient (Wildman–Crippen LogP) is 2.34. The molecule has 0 saturated heterocycles. The van der Waals surface area contributed by atoms with Crippen LogP contribution in [0.1, 0.15) is 23.2 Å². The molecule has 0 aromatic heterocycles. The first-order valence-corrected chi connectivity index (χ1v) is 6.81. The van der Waals surface area contributed by atoms with Crippen molar-refractivity contribution in [2.45, 2.75) is 17.7 Å². The number of carbonyl (C=O) groups excluding carboxylic acids is 1. The lowest BCUT2D eigenvalue weighted by atomic mass is 9.85. The average molecular weight is 314 g/mol. The van der Waals surface area contributed by atoms with Crippen LogP contribution >= 0.6 is 15.9 Å². The van der Waals surface area contributed by atoms with Gasteiger partial charge in [-0.1, -0.05) is 22.0 Å². The molecule has 2 rings (SSSR count). The Morgan fingerprint density at radius 1 is 1.39 bits per heavy atom. The highest BCUT2D eigenvalue weighted by molar-refractivity contribution is 9.09. The first-order valence-electron chi connectivity index (χ1n) is 5.89. The molecule has 1 aliphatic rings. The monoisotopic (exact) mass is 313 g/mol. The van der Waals surface area contributed by atoms with E-state index in [1.807, 2.05) is 0 Å². The van der Waals surface area contributed by atoms with E-state index in [2.05, 4.69) is 15.9 Å². The maximum Gasteiger partial charge on any atom is 0.261 e. The summed E-state index contributed by atoms with van der Waals surface area (Å²) >= 11 is 3.51. The van der Waals surface area contributed by atoms with Gasteiger partial charge in [-0.2, -0.15) is 0 Å². The van der Waals surface area contributed by atoms with Crippen LogP contribution in [0.5, 0.6) is 11.5 Å². The minimum absolute atomic E-state index is 0.0188. The lowest BCUT2D eigenvalue weighted by Crippen LogP contribution is -2.37. The van der Waals surface area contributed by atoms with Gasteiger partial charge in [0.25, 0.3) is 5.91 Å². The molecule has 5 heteroatoms. The Bertz CT molecular complexity index is 437. The number of hydrogen-bond donors (Lipinski definition) is 2. The SMILES string of the molecule is CN(CC1CC(Br)C1)C(=O)c1c(O)cccc1O.